The SMILES string of the molecule is Cc1nc(C#N)c(C#N)n1CC(=O)N1c2ccccc2C[C@@H]1C. The molecular weight excluding hydrogens is 290 g/mol. The van der Waals surface area contributed by atoms with Crippen LogP contribution in [0.1, 0.15) is 29.7 Å². The van der Waals surface area contributed by atoms with Gasteiger partial charge in [-0.3, -0.25) is 4.79 Å². The lowest BCUT2D eigenvalue weighted by Gasteiger charge is -2.23. The molecule has 6 heteroatoms. The van der Waals surface area contributed by atoms with Gasteiger partial charge in [-0.15, -0.1) is 0 Å². The Morgan fingerprint density at radius 3 is 2.78 bits per heavy atom. The Hall–Kier alpha value is -3.12. The van der Waals surface area contributed by atoms with Crippen molar-refractivity contribution in [3.63, 3.8) is 0 Å². The minimum atomic E-state index is -0.107. The number of imidazole rings is 1. The van der Waals surface area contributed by atoms with Gasteiger partial charge < -0.3 is 9.47 Å². The molecule has 1 aromatic carbocycles. The van der Waals surface area contributed by atoms with Gasteiger partial charge >= 0.3 is 0 Å². The predicted molar refractivity (Wildman–Crippen MR) is 83.5 cm³/mol. The van der Waals surface area contributed by atoms with Crippen molar-refractivity contribution in [3.8, 4) is 12.1 Å². The van der Waals surface area contributed by atoms with E-state index < -0.39 is 0 Å². The first-order valence-electron chi connectivity index (χ1n) is 7.34. The molecule has 0 N–H and O–H groups in total. The molecule has 3 rings (SSSR count). The Labute approximate surface area is 134 Å². The van der Waals surface area contributed by atoms with Gasteiger partial charge in [-0.05, 0) is 31.9 Å². The molecule has 0 aliphatic carbocycles. The first-order valence-corrected chi connectivity index (χ1v) is 7.34. The molecule has 0 unspecified atom stereocenters. The third kappa shape index (κ3) is 2.35. The summed E-state index contributed by atoms with van der Waals surface area (Å²) in [7, 11) is 0. The third-order valence-electron chi connectivity index (χ3n) is 4.14. The first-order chi connectivity index (χ1) is 11.1. The number of anilines is 1. The summed E-state index contributed by atoms with van der Waals surface area (Å²) in [5.74, 6) is 0.385. The number of carbonyl (C=O) groups is 1. The van der Waals surface area contributed by atoms with Crippen LogP contribution in [0, 0.1) is 29.6 Å². The van der Waals surface area contributed by atoms with Crippen molar-refractivity contribution in [2.24, 2.45) is 0 Å². The number of para-hydroxylation sites is 1. The zero-order chi connectivity index (χ0) is 16.6. The van der Waals surface area contributed by atoms with Gasteiger partial charge in [0.05, 0.1) is 0 Å². The molecule has 114 valence electrons. The van der Waals surface area contributed by atoms with E-state index >= 15 is 0 Å². The number of aryl methyl sites for hydroxylation is 1. The maximum atomic E-state index is 12.8. The van der Waals surface area contributed by atoms with Gasteiger partial charge in [0, 0.05) is 11.7 Å². The molecule has 1 amide bonds. The molecule has 23 heavy (non-hydrogen) atoms. The molecule has 0 saturated carbocycles. The number of amides is 1. The quantitative estimate of drug-likeness (QED) is 0.848. The van der Waals surface area contributed by atoms with Gasteiger partial charge in [0.1, 0.15) is 24.5 Å². The molecule has 1 aliphatic rings. The molecule has 0 radical (unpaired) electrons. The fourth-order valence-electron chi connectivity index (χ4n) is 3.11. The molecule has 0 spiro atoms. The second-order valence-corrected chi connectivity index (χ2v) is 5.61. The van der Waals surface area contributed by atoms with Crippen molar-refractivity contribution in [2.75, 3.05) is 4.90 Å². The fraction of sp³-hybridized carbons (Fsp3) is 0.294. The van der Waals surface area contributed by atoms with Crippen LogP contribution >= 0.6 is 0 Å². The van der Waals surface area contributed by atoms with Crippen LogP contribution in [0.4, 0.5) is 5.69 Å². The van der Waals surface area contributed by atoms with Crippen LogP contribution in [0.5, 0.6) is 0 Å². The molecule has 1 atom stereocenters. The Morgan fingerprint density at radius 2 is 2.09 bits per heavy atom. The van der Waals surface area contributed by atoms with E-state index in [1.54, 1.807) is 11.8 Å². The Morgan fingerprint density at radius 1 is 1.35 bits per heavy atom. The summed E-state index contributed by atoms with van der Waals surface area (Å²) in [6, 6.07) is 11.8. The summed E-state index contributed by atoms with van der Waals surface area (Å²) in [6.07, 6.45) is 0.819. The zero-order valence-corrected chi connectivity index (χ0v) is 12.9. The van der Waals surface area contributed by atoms with E-state index in [0.717, 1.165) is 17.7 Å². The molecule has 1 aliphatic heterocycles. The highest BCUT2D eigenvalue weighted by Gasteiger charge is 2.31. The summed E-state index contributed by atoms with van der Waals surface area (Å²) in [4.78, 5) is 18.6. The number of hydrogen-bond donors (Lipinski definition) is 0. The fourth-order valence-corrected chi connectivity index (χ4v) is 3.11. The number of nitrogens with zero attached hydrogens (tertiary/aromatic N) is 5. The summed E-state index contributed by atoms with van der Waals surface area (Å²) in [5.41, 5.74) is 2.27. The van der Waals surface area contributed by atoms with Crippen molar-refractivity contribution < 1.29 is 4.79 Å². The smallest absolute Gasteiger partial charge is 0.247 e. The highest BCUT2D eigenvalue weighted by atomic mass is 16.2. The third-order valence-corrected chi connectivity index (χ3v) is 4.14. The molecule has 6 nitrogen and oxygen atoms in total. The number of benzene rings is 1. The second-order valence-electron chi connectivity index (χ2n) is 5.61. The number of nitriles is 2. The maximum absolute atomic E-state index is 12.8. The first kappa shape index (κ1) is 14.8. The largest absolute Gasteiger partial charge is 0.309 e. The van der Waals surface area contributed by atoms with E-state index in [1.165, 1.54) is 4.57 Å². The van der Waals surface area contributed by atoms with Crippen LogP contribution < -0.4 is 4.90 Å². The van der Waals surface area contributed by atoms with Crippen molar-refractivity contribution in [3.05, 3.63) is 47.0 Å². The van der Waals surface area contributed by atoms with Crippen LogP contribution in [-0.2, 0) is 17.8 Å². The average molecular weight is 305 g/mol. The van der Waals surface area contributed by atoms with Gasteiger partial charge in [0.15, 0.2) is 11.4 Å². The van der Waals surface area contributed by atoms with Crippen LogP contribution in [0.2, 0.25) is 0 Å². The number of aromatic nitrogens is 2. The van der Waals surface area contributed by atoms with Crippen molar-refractivity contribution in [1.29, 1.82) is 10.5 Å². The highest BCUT2D eigenvalue weighted by Crippen LogP contribution is 2.32. The lowest BCUT2D eigenvalue weighted by Crippen LogP contribution is -2.38. The molecule has 2 heterocycles. The van der Waals surface area contributed by atoms with Gasteiger partial charge in [0.25, 0.3) is 0 Å². The van der Waals surface area contributed by atoms with Gasteiger partial charge in [-0.2, -0.15) is 10.5 Å². The van der Waals surface area contributed by atoms with Crippen LogP contribution in [0.3, 0.4) is 0 Å². The lowest BCUT2D eigenvalue weighted by atomic mass is 10.1. The summed E-state index contributed by atoms with van der Waals surface area (Å²) in [6.45, 7) is 3.70. The van der Waals surface area contributed by atoms with Crippen molar-refractivity contribution in [2.45, 2.75) is 32.9 Å². The molecular formula is C17H15N5O. The van der Waals surface area contributed by atoms with E-state index in [9.17, 15) is 10.1 Å². The number of fused-ring (bicyclic) bond motifs is 1. The van der Waals surface area contributed by atoms with E-state index in [1.807, 2.05) is 43.3 Å². The minimum Gasteiger partial charge on any atom is -0.309 e. The minimum absolute atomic E-state index is 0.00206. The summed E-state index contributed by atoms with van der Waals surface area (Å²) >= 11 is 0. The van der Waals surface area contributed by atoms with Gasteiger partial charge in [-0.1, -0.05) is 18.2 Å². The number of rotatable bonds is 2. The van der Waals surface area contributed by atoms with E-state index in [-0.39, 0.29) is 29.9 Å². The molecule has 0 saturated heterocycles. The molecule has 0 fully saturated rings. The van der Waals surface area contributed by atoms with Crippen LogP contribution in [0.15, 0.2) is 24.3 Å². The normalized spacial score (nSPS) is 15.8. The van der Waals surface area contributed by atoms with Gasteiger partial charge in [0.2, 0.25) is 5.91 Å². The van der Waals surface area contributed by atoms with Crippen molar-refractivity contribution >= 4 is 11.6 Å². The monoisotopic (exact) mass is 305 g/mol. The molecule has 0 bridgehead atoms. The number of hydrogen-bond acceptors (Lipinski definition) is 4. The highest BCUT2D eigenvalue weighted by molar-refractivity contribution is 5.96. The summed E-state index contributed by atoms with van der Waals surface area (Å²) < 4.78 is 1.51. The lowest BCUT2D eigenvalue weighted by molar-refractivity contribution is -0.119. The maximum Gasteiger partial charge on any atom is 0.247 e. The number of carbonyl (C=O) groups excluding carboxylic acids is 1. The molecule has 2 aromatic rings. The predicted octanol–water partition coefficient (Wildman–Crippen LogP) is 1.91. The van der Waals surface area contributed by atoms with Crippen LogP contribution in [-0.4, -0.2) is 21.5 Å². The Kier molecular flexibility index (Phi) is 3.59. The molecule has 1 aromatic heterocycles. The van der Waals surface area contributed by atoms with E-state index in [2.05, 4.69) is 4.98 Å². The van der Waals surface area contributed by atoms with Gasteiger partial charge in [-0.25, -0.2) is 4.98 Å². The topological polar surface area (TPSA) is 85.7 Å². The Bertz CT molecular complexity index is 868. The zero-order valence-electron chi connectivity index (χ0n) is 12.9. The second kappa shape index (κ2) is 5.58. The van der Waals surface area contributed by atoms with E-state index in [4.69, 9.17) is 5.26 Å². The Balaban J connectivity index is 1.94. The van der Waals surface area contributed by atoms with E-state index in [0.29, 0.717) is 5.82 Å². The summed E-state index contributed by atoms with van der Waals surface area (Å²) in [5, 5.41) is 18.3. The average Bonchev–Trinajstić information content (AvgIpc) is 3.03. The van der Waals surface area contributed by atoms with Crippen molar-refractivity contribution in [1.82, 2.24) is 9.55 Å². The van der Waals surface area contributed by atoms with Crippen LogP contribution in [0.25, 0.3) is 0 Å². The standard InChI is InChI=1S/C17H15N5O/c1-11-7-13-5-3-4-6-15(13)22(11)17(23)10-21-12(2)20-14(8-18)16(21)9-19/h3-6,11H,7,10H2,1-2H3/t11-/m0/s1.